The lowest BCUT2D eigenvalue weighted by Crippen LogP contribution is -2.63. The van der Waals surface area contributed by atoms with Crippen LogP contribution in [0.4, 0.5) is 13.2 Å². The lowest BCUT2D eigenvalue weighted by atomic mass is 10.1. The maximum absolute atomic E-state index is 13.9. The third kappa shape index (κ3) is 3.60. The number of nitrogens with zero attached hydrogens (tertiary/aromatic N) is 2. The fourth-order valence-electron chi connectivity index (χ4n) is 2.82. The minimum atomic E-state index is -5.13. The van der Waals surface area contributed by atoms with Crippen molar-refractivity contribution in [2.24, 2.45) is 4.99 Å². The third-order valence-corrected chi connectivity index (χ3v) is 4.52. The highest BCUT2D eigenvalue weighted by Gasteiger charge is 2.66. The van der Waals surface area contributed by atoms with Gasteiger partial charge < -0.3 is 5.32 Å². The van der Waals surface area contributed by atoms with Crippen molar-refractivity contribution >= 4 is 29.3 Å². The largest absolute Gasteiger partial charge is 0.442 e. The molecule has 3 rings (SSSR count). The van der Waals surface area contributed by atoms with Crippen molar-refractivity contribution in [3.8, 4) is 0 Å². The molecule has 2 aromatic rings. The van der Waals surface area contributed by atoms with Crippen LogP contribution in [0.5, 0.6) is 0 Å². The van der Waals surface area contributed by atoms with Crippen LogP contribution in [0.2, 0.25) is 5.02 Å². The van der Waals surface area contributed by atoms with E-state index in [-0.39, 0.29) is 17.9 Å². The zero-order valence-corrected chi connectivity index (χ0v) is 15.4. The van der Waals surface area contributed by atoms with Crippen LogP contribution < -0.4 is 5.32 Å². The molecule has 0 bridgehead atoms. The van der Waals surface area contributed by atoms with Gasteiger partial charge in [-0.25, -0.2) is 4.99 Å². The summed E-state index contributed by atoms with van der Waals surface area (Å²) in [5.41, 5.74) is -2.81. The van der Waals surface area contributed by atoms with Gasteiger partial charge in [0.15, 0.2) is 0 Å². The van der Waals surface area contributed by atoms with Crippen LogP contribution in [0.3, 0.4) is 0 Å². The monoisotopic (exact) mass is 409 g/mol. The van der Waals surface area contributed by atoms with Crippen molar-refractivity contribution < 1.29 is 22.8 Å². The van der Waals surface area contributed by atoms with Gasteiger partial charge in [-0.3, -0.25) is 14.5 Å². The summed E-state index contributed by atoms with van der Waals surface area (Å²) in [6, 6.07) is 13.8. The lowest BCUT2D eigenvalue weighted by molar-refractivity contribution is -0.196. The smallest absolute Gasteiger partial charge is 0.312 e. The summed E-state index contributed by atoms with van der Waals surface area (Å²) < 4.78 is 41.7. The Balaban J connectivity index is 1.92. The number of alkyl halides is 3. The van der Waals surface area contributed by atoms with E-state index >= 15 is 0 Å². The molecule has 1 N–H and O–H groups in total. The molecule has 0 aromatic heterocycles. The average molecular weight is 410 g/mol. The molecule has 1 unspecified atom stereocenters. The number of nitrogens with one attached hydrogen (secondary N) is 1. The predicted octanol–water partition coefficient (Wildman–Crippen LogP) is 3.79. The van der Waals surface area contributed by atoms with Crippen LogP contribution in [0, 0.1) is 0 Å². The van der Waals surface area contributed by atoms with Gasteiger partial charge in [-0.2, -0.15) is 13.2 Å². The van der Waals surface area contributed by atoms with Crippen LogP contribution in [-0.4, -0.2) is 34.4 Å². The van der Waals surface area contributed by atoms with Gasteiger partial charge >= 0.3 is 11.8 Å². The summed E-state index contributed by atoms with van der Waals surface area (Å²) in [6.45, 7) is 1.20. The topological polar surface area (TPSA) is 61.8 Å². The van der Waals surface area contributed by atoms with E-state index in [9.17, 15) is 22.8 Å². The Hall–Kier alpha value is -2.87. The standard InChI is InChI=1S/C19H15ClF3N3O2/c1-12-24-18(19(21,22)23,25-16(27)14-7-9-15(20)10-8-14)17(28)26(12)11-13-5-3-2-4-6-13/h2-10H,11H2,1H3,(H,25,27). The Morgan fingerprint density at radius 1 is 1.14 bits per heavy atom. The Labute approximate surface area is 163 Å². The molecule has 0 spiro atoms. The molecule has 0 saturated carbocycles. The van der Waals surface area contributed by atoms with Crippen molar-refractivity contribution in [1.29, 1.82) is 0 Å². The molecule has 1 heterocycles. The number of carbonyl (C=O) groups excluding carboxylic acids is 2. The Bertz CT molecular complexity index is 930. The number of amidine groups is 1. The molecule has 1 aliphatic rings. The molecule has 0 aliphatic carbocycles. The van der Waals surface area contributed by atoms with Gasteiger partial charge in [-0.15, -0.1) is 0 Å². The first-order valence-electron chi connectivity index (χ1n) is 8.21. The summed E-state index contributed by atoms with van der Waals surface area (Å²) in [7, 11) is 0. The van der Waals surface area contributed by atoms with Crippen molar-refractivity contribution in [3.05, 3.63) is 70.7 Å². The summed E-state index contributed by atoms with van der Waals surface area (Å²) >= 11 is 5.73. The molecule has 1 aliphatic heterocycles. The van der Waals surface area contributed by atoms with E-state index in [1.165, 1.54) is 31.2 Å². The molecule has 1 atom stereocenters. The summed E-state index contributed by atoms with van der Waals surface area (Å²) in [5, 5.41) is 2.10. The van der Waals surface area contributed by atoms with E-state index in [2.05, 4.69) is 4.99 Å². The second-order valence-electron chi connectivity index (χ2n) is 6.21. The van der Waals surface area contributed by atoms with E-state index < -0.39 is 23.7 Å². The third-order valence-electron chi connectivity index (χ3n) is 4.27. The maximum atomic E-state index is 13.9. The molecule has 0 radical (unpaired) electrons. The van der Waals surface area contributed by atoms with Crippen molar-refractivity contribution in [2.75, 3.05) is 0 Å². The number of hydrogen-bond donors (Lipinski definition) is 1. The maximum Gasteiger partial charge on any atom is 0.442 e. The fraction of sp³-hybridized carbons (Fsp3) is 0.211. The summed E-state index contributed by atoms with van der Waals surface area (Å²) in [6.07, 6.45) is -5.13. The number of benzene rings is 2. The van der Waals surface area contributed by atoms with Crippen LogP contribution in [0.25, 0.3) is 0 Å². The molecule has 5 nitrogen and oxygen atoms in total. The van der Waals surface area contributed by atoms with Gasteiger partial charge in [-0.05, 0) is 36.8 Å². The molecule has 0 fully saturated rings. The first kappa shape index (κ1) is 19.9. The van der Waals surface area contributed by atoms with Crippen molar-refractivity contribution in [1.82, 2.24) is 10.2 Å². The molecule has 2 amide bonds. The lowest BCUT2D eigenvalue weighted by Gasteiger charge is -2.29. The van der Waals surface area contributed by atoms with Gasteiger partial charge in [0.1, 0.15) is 5.84 Å². The normalized spacial score (nSPS) is 19.5. The second-order valence-corrected chi connectivity index (χ2v) is 6.64. The molecule has 146 valence electrons. The zero-order valence-electron chi connectivity index (χ0n) is 14.6. The van der Waals surface area contributed by atoms with Gasteiger partial charge in [-0.1, -0.05) is 41.9 Å². The number of hydrogen-bond acceptors (Lipinski definition) is 3. The average Bonchev–Trinajstić information content (AvgIpc) is 2.88. The number of halogens is 4. The van der Waals surface area contributed by atoms with Gasteiger partial charge in [0.05, 0.1) is 6.54 Å². The van der Waals surface area contributed by atoms with Gasteiger partial charge in [0.25, 0.3) is 11.8 Å². The SMILES string of the molecule is CC1=NC(NC(=O)c2ccc(Cl)cc2)(C(F)(F)F)C(=O)N1Cc1ccccc1. The highest BCUT2D eigenvalue weighted by Crippen LogP contribution is 2.38. The molecular formula is C19H15ClF3N3O2. The van der Waals surface area contributed by atoms with E-state index in [4.69, 9.17) is 11.6 Å². The van der Waals surface area contributed by atoms with E-state index in [1.54, 1.807) is 35.6 Å². The molecule has 2 aromatic carbocycles. The highest BCUT2D eigenvalue weighted by molar-refractivity contribution is 6.30. The quantitative estimate of drug-likeness (QED) is 0.835. The fourth-order valence-corrected chi connectivity index (χ4v) is 2.95. The van der Waals surface area contributed by atoms with E-state index in [0.29, 0.717) is 10.6 Å². The van der Waals surface area contributed by atoms with Crippen molar-refractivity contribution in [3.63, 3.8) is 0 Å². The predicted molar refractivity (Wildman–Crippen MR) is 97.8 cm³/mol. The molecule has 28 heavy (non-hydrogen) atoms. The van der Waals surface area contributed by atoms with Crippen molar-refractivity contribution in [2.45, 2.75) is 25.3 Å². The second kappa shape index (κ2) is 7.27. The highest BCUT2D eigenvalue weighted by atomic mass is 35.5. The number of aliphatic imine (C=N–C) groups is 1. The number of carbonyl (C=O) groups is 2. The summed E-state index contributed by atoms with van der Waals surface area (Å²) in [5.74, 6) is -2.58. The van der Waals surface area contributed by atoms with Crippen LogP contribution in [0.15, 0.2) is 59.6 Å². The molecular weight excluding hydrogens is 395 g/mol. The minimum Gasteiger partial charge on any atom is -0.312 e. The number of amides is 2. The van der Waals surface area contributed by atoms with Gasteiger partial charge in [0.2, 0.25) is 0 Å². The molecule has 0 saturated heterocycles. The van der Waals surface area contributed by atoms with Crippen LogP contribution in [-0.2, 0) is 11.3 Å². The summed E-state index contributed by atoms with van der Waals surface area (Å²) in [4.78, 5) is 29.6. The first-order valence-corrected chi connectivity index (χ1v) is 8.59. The zero-order chi connectivity index (χ0) is 20.5. The van der Waals surface area contributed by atoms with Gasteiger partial charge in [0, 0.05) is 10.6 Å². The van der Waals surface area contributed by atoms with Crippen LogP contribution >= 0.6 is 11.6 Å². The Kier molecular flexibility index (Phi) is 5.16. The first-order chi connectivity index (χ1) is 13.1. The Morgan fingerprint density at radius 2 is 1.75 bits per heavy atom. The van der Waals surface area contributed by atoms with Crippen LogP contribution in [0.1, 0.15) is 22.8 Å². The van der Waals surface area contributed by atoms with E-state index in [0.717, 1.165) is 4.90 Å². The molecule has 9 heteroatoms. The number of rotatable bonds is 4. The Morgan fingerprint density at radius 3 is 2.32 bits per heavy atom. The minimum absolute atomic E-state index is 0.0739. The van der Waals surface area contributed by atoms with E-state index in [1.807, 2.05) is 0 Å².